The van der Waals surface area contributed by atoms with Gasteiger partial charge in [-0.25, -0.2) is 24.3 Å². The van der Waals surface area contributed by atoms with Gasteiger partial charge in [-0.3, -0.25) is 9.78 Å². The maximum atomic E-state index is 15.0. The lowest BCUT2D eigenvalue weighted by Crippen LogP contribution is -2.37. The molecule has 5 aromatic rings. The molecule has 1 fully saturated rings. The lowest BCUT2D eigenvalue weighted by molar-refractivity contribution is 0.0995. The van der Waals surface area contributed by atoms with Gasteiger partial charge >= 0.3 is 0 Å². The number of nitrogens with two attached hydrogens (primary N) is 1. The summed E-state index contributed by atoms with van der Waals surface area (Å²) in [6, 6.07) is 9.35. The number of hydrogen-bond donors (Lipinski definition) is 2. The number of anilines is 3. The Labute approximate surface area is 221 Å². The lowest BCUT2D eigenvalue weighted by Gasteiger charge is -2.28. The first-order chi connectivity index (χ1) is 18.9. The minimum atomic E-state index is -0.474. The highest BCUT2D eigenvalue weighted by Gasteiger charge is 2.21. The second-order valence-electron chi connectivity index (χ2n) is 8.95. The Balaban J connectivity index is 1.41. The van der Waals surface area contributed by atoms with Crippen LogP contribution in [0.2, 0.25) is 0 Å². The molecule has 0 saturated carbocycles. The number of fused-ring (bicyclic) bond motifs is 1. The molecule has 196 valence electrons. The molecule has 1 aliphatic heterocycles. The Hall–Kier alpha value is -4.97. The molecular formula is C27H23FN8O3. The van der Waals surface area contributed by atoms with Gasteiger partial charge in [0.25, 0.3) is 5.91 Å². The molecule has 12 heteroatoms. The van der Waals surface area contributed by atoms with Gasteiger partial charge in [-0.1, -0.05) is 0 Å². The Morgan fingerprint density at radius 1 is 1.00 bits per heavy atom. The topological polar surface area (TPSA) is 145 Å². The minimum Gasteiger partial charge on any atom is -0.456 e. The van der Waals surface area contributed by atoms with Crippen LogP contribution in [0.4, 0.5) is 21.8 Å². The first kappa shape index (κ1) is 24.4. The molecule has 0 atom stereocenters. The Kier molecular flexibility index (Phi) is 6.29. The van der Waals surface area contributed by atoms with Gasteiger partial charge in [-0.05, 0) is 43.3 Å². The molecule has 0 radical (unpaired) electrons. The van der Waals surface area contributed by atoms with E-state index >= 15 is 4.39 Å². The van der Waals surface area contributed by atoms with E-state index in [1.165, 1.54) is 12.1 Å². The maximum absolute atomic E-state index is 15.0. The highest BCUT2D eigenvalue weighted by Crippen LogP contribution is 2.32. The van der Waals surface area contributed by atoms with Crippen LogP contribution in [0.15, 0.2) is 59.4 Å². The Bertz CT molecular complexity index is 1680. The lowest BCUT2D eigenvalue weighted by atomic mass is 10.1. The average Bonchev–Trinajstić information content (AvgIpc) is 3.40. The van der Waals surface area contributed by atoms with Gasteiger partial charge < -0.3 is 25.1 Å². The summed E-state index contributed by atoms with van der Waals surface area (Å²) in [5.74, 6) is 1.03. The second kappa shape index (κ2) is 10.1. The molecule has 6 rings (SSSR count). The molecule has 0 bridgehead atoms. The number of ether oxygens (including phenoxy) is 1. The van der Waals surface area contributed by atoms with Crippen molar-refractivity contribution in [2.24, 2.45) is 0 Å². The largest absolute Gasteiger partial charge is 0.456 e. The number of carbonyl (C=O) groups is 1. The van der Waals surface area contributed by atoms with E-state index in [1.54, 1.807) is 49.8 Å². The van der Waals surface area contributed by atoms with Crippen molar-refractivity contribution in [3.8, 4) is 22.5 Å². The SMILES string of the molecule is Cc1ccc(C(=O)Nc2ccc(F)c(-c3cnc4c(N5CCOCC5)nc(-c5cnc(N)nc5)nc4c3)c2)o1. The molecular weight excluding hydrogens is 503 g/mol. The average molecular weight is 527 g/mol. The van der Waals surface area contributed by atoms with Crippen LogP contribution in [-0.2, 0) is 4.74 Å². The number of nitrogens with zero attached hydrogens (tertiary/aromatic N) is 6. The quantitative estimate of drug-likeness (QED) is 0.346. The standard InChI is InChI=1S/C27H23FN8O3/c1-15-2-5-22(39-15)26(37)33-18-3-4-20(28)19(11-18)16-10-21-23(30-12-16)25(36-6-8-38-9-7-36)35-24(34-21)17-13-31-27(29)32-14-17/h2-5,10-14H,6-9H2,1H3,(H,33,37)(H2,29,31,32). The van der Waals surface area contributed by atoms with E-state index in [0.29, 0.717) is 71.6 Å². The van der Waals surface area contributed by atoms with Crippen LogP contribution in [-0.4, -0.2) is 57.1 Å². The summed E-state index contributed by atoms with van der Waals surface area (Å²) in [4.78, 5) is 36.9. The van der Waals surface area contributed by atoms with Crippen molar-refractivity contribution in [3.05, 3.63) is 72.3 Å². The number of aromatic nitrogens is 5. The zero-order chi connectivity index (χ0) is 26.9. The molecule has 4 aromatic heterocycles. The van der Waals surface area contributed by atoms with Crippen LogP contribution in [0.25, 0.3) is 33.5 Å². The van der Waals surface area contributed by atoms with Gasteiger partial charge in [-0.15, -0.1) is 0 Å². The zero-order valence-electron chi connectivity index (χ0n) is 20.9. The Morgan fingerprint density at radius 2 is 1.77 bits per heavy atom. The number of pyridine rings is 1. The summed E-state index contributed by atoms with van der Waals surface area (Å²) in [6.45, 7) is 4.15. The molecule has 1 aromatic carbocycles. The number of amides is 1. The minimum absolute atomic E-state index is 0.140. The van der Waals surface area contributed by atoms with Crippen molar-refractivity contribution >= 4 is 34.4 Å². The van der Waals surface area contributed by atoms with E-state index in [2.05, 4.69) is 25.2 Å². The van der Waals surface area contributed by atoms with Crippen molar-refractivity contribution in [1.82, 2.24) is 24.9 Å². The summed E-state index contributed by atoms with van der Waals surface area (Å²) < 4.78 is 25.9. The van der Waals surface area contributed by atoms with Crippen LogP contribution in [0.1, 0.15) is 16.3 Å². The van der Waals surface area contributed by atoms with Gasteiger partial charge in [0.05, 0.1) is 24.3 Å². The first-order valence-corrected chi connectivity index (χ1v) is 12.2. The predicted octanol–water partition coefficient (Wildman–Crippen LogP) is 3.86. The number of nitrogens with one attached hydrogen (secondary N) is 1. The van der Waals surface area contributed by atoms with Gasteiger partial charge in [0.15, 0.2) is 17.4 Å². The van der Waals surface area contributed by atoms with Crippen molar-refractivity contribution in [2.45, 2.75) is 6.92 Å². The predicted molar refractivity (Wildman–Crippen MR) is 143 cm³/mol. The summed E-state index contributed by atoms with van der Waals surface area (Å²) in [5, 5.41) is 2.75. The number of rotatable bonds is 5. The normalized spacial score (nSPS) is 13.5. The number of hydrogen-bond acceptors (Lipinski definition) is 10. The molecule has 1 aliphatic rings. The van der Waals surface area contributed by atoms with E-state index in [9.17, 15) is 4.79 Å². The molecule has 39 heavy (non-hydrogen) atoms. The van der Waals surface area contributed by atoms with Crippen LogP contribution in [0.5, 0.6) is 0 Å². The fourth-order valence-electron chi connectivity index (χ4n) is 4.30. The fraction of sp³-hybridized carbons (Fsp3) is 0.185. The van der Waals surface area contributed by atoms with Crippen LogP contribution < -0.4 is 16.0 Å². The van der Waals surface area contributed by atoms with Crippen molar-refractivity contribution < 1.29 is 18.3 Å². The number of aryl methyl sites for hydroxylation is 1. The molecule has 5 heterocycles. The van der Waals surface area contributed by atoms with Crippen LogP contribution in [0, 0.1) is 12.7 Å². The number of furan rings is 1. The Morgan fingerprint density at radius 3 is 2.51 bits per heavy atom. The van der Waals surface area contributed by atoms with Crippen molar-refractivity contribution in [1.29, 1.82) is 0 Å². The van der Waals surface area contributed by atoms with E-state index in [4.69, 9.17) is 24.9 Å². The van der Waals surface area contributed by atoms with E-state index < -0.39 is 11.7 Å². The highest BCUT2D eigenvalue weighted by atomic mass is 19.1. The van der Waals surface area contributed by atoms with Crippen molar-refractivity contribution in [2.75, 3.05) is 42.3 Å². The first-order valence-electron chi connectivity index (χ1n) is 12.2. The number of nitrogen functional groups attached to an aromatic ring is 1. The smallest absolute Gasteiger partial charge is 0.291 e. The number of benzene rings is 1. The molecule has 0 spiro atoms. The molecule has 11 nitrogen and oxygen atoms in total. The van der Waals surface area contributed by atoms with Crippen molar-refractivity contribution in [3.63, 3.8) is 0 Å². The molecule has 0 aliphatic carbocycles. The van der Waals surface area contributed by atoms with Gasteiger partial charge in [0.1, 0.15) is 17.1 Å². The number of halogens is 1. The summed E-state index contributed by atoms with van der Waals surface area (Å²) in [5.41, 5.74) is 8.45. The summed E-state index contributed by atoms with van der Waals surface area (Å²) in [7, 11) is 0. The molecule has 1 amide bonds. The third-order valence-electron chi connectivity index (χ3n) is 6.26. The van der Waals surface area contributed by atoms with Crippen LogP contribution >= 0.6 is 0 Å². The third kappa shape index (κ3) is 4.97. The van der Waals surface area contributed by atoms with Gasteiger partial charge in [0, 0.05) is 48.5 Å². The number of carbonyl (C=O) groups excluding carboxylic acids is 1. The zero-order valence-corrected chi connectivity index (χ0v) is 20.9. The fourth-order valence-corrected chi connectivity index (χ4v) is 4.30. The molecule has 1 saturated heterocycles. The summed E-state index contributed by atoms with van der Waals surface area (Å²) in [6.07, 6.45) is 4.67. The summed E-state index contributed by atoms with van der Waals surface area (Å²) >= 11 is 0. The van der Waals surface area contributed by atoms with Crippen LogP contribution in [0.3, 0.4) is 0 Å². The highest BCUT2D eigenvalue weighted by molar-refractivity contribution is 6.02. The van der Waals surface area contributed by atoms with E-state index in [0.717, 1.165) is 0 Å². The van der Waals surface area contributed by atoms with Gasteiger partial charge in [-0.2, -0.15) is 0 Å². The maximum Gasteiger partial charge on any atom is 0.291 e. The monoisotopic (exact) mass is 526 g/mol. The molecule has 3 N–H and O–H groups in total. The molecule has 0 unspecified atom stereocenters. The number of morpholine rings is 1. The second-order valence-corrected chi connectivity index (χ2v) is 8.95. The van der Waals surface area contributed by atoms with E-state index in [-0.39, 0.29) is 17.3 Å². The third-order valence-corrected chi connectivity index (χ3v) is 6.26. The van der Waals surface area contributed by atoms with Gasteiger partial charge in [0.2, 0.25) is 5.95 Å². The van der Waals surface area contributed by atoms with E-state index in [1.807, 2.05) is 0 Å².